The molecular formula is C13H16BrNO3. The van der Waals surface area contributed by atoms with Crippen LogP contribution in [0.5, 0.6) is 0 Å². The van der Waals surface area contributed by atoms with Gasteiger partial charge in [-0.05, 0) is 30.7 Å². The summed E-state index contributed by atoms with van der Waals surface area (Å²) in [6.07, 6.45) is -0.265. The Bertz CT molecular complexity index is 450. The summed E-state index contributed by atoms with van der Waals surface area (Å²) in [7, 11) is 0. The van der Waals surface area contributed by atoms with Gasteiger partial charge in [0.05, 0.1) is 19.3 Å². The molecule has 1 saturated heterocycles. The lowest BCUT2D eigenvalue weighted by Gasteiger charge is -2.32. The summed E-state index contributed by atoms with van der Waals surface area (Å²) in [5, 5.41) is 9.07. The maximum absolute atomic E-state index is 12.3. The Morgan fingerprint density at radius 1 is 1.61 bits per heavy atom. The molecule has 1 N–H and O–H groups in total. The second kappa shape index (κ2) is 5.82. The van der Waals surface area contributed by atoms with Crippen LogP contribution in [-0.4, -0.2) is 48.3 Å². The molecule has 1 amide bonds. The molecule has 1 atom stereocenters. The summed E-state index contributed by atoms with van der Waals surface area (Å²) in [6, 6.07) is 5.56. The molecule has 1 aliphatic heterocycles. The molecule has 1 aromatic carbocycles. The summed E-state index contributed by atoms with van der Waals surface area (Å²) in [5.41, 5.74) is 1.71. The molecule has 4 nitrogen and oxygen atoms in total. The first-order chi connectivity index (χ1) is 8.61. The maximum atomic E-state index is 12.3. The van der Waals surface area contributed by atoms with Crippen LogP contribution in [-0.2, 0) is 4.74 Å². The molecule has 5 heteroatoms. The van der Waals surface area contributed by atoms with Crippen molar-refractivity contribution in [2.45, 2.75) is 13.0 Å². The number of aliphatic hydroxyl groups is 1. The number of nitrogens with zero attached hydrogens (tertiary/aromatic N) is 1. The van der Waals surface area contributed by atoms with Crippen molar-refractivity contribution in [1.82, 2.24) is 4.90 Å². The number of benzene rings is 1. The minimum Gasteiger partial charge on any atom is -0.394 e. The fraction of sp³-hybridized carbons (Fsp3) is 0.462. The number of aliphatic hydroxyl groups excluding tert-OH is 1. The molecule has 2 rings (SSSR count). The number of ether oxygens (including phenoxy) is 1. The average molecular weight is 314 g/mol. The summed E-state index contributed by atoms with van der Waals surface area (Å²) in [6.45, 7) is 3.40. The summed E-state index contributed by atoms with van der Waals surface area (Å²) in [5.74, 6) is -0.00708. The van der Waals surface area contributed by atoms with Gasteiger partial charge in [0, 0.05) is 23.1 Å². The van der Waals surface area contributed by atoms with Crippen LogP contribution in [0.15, 0.2) is 22.7 Å². The van der Waals surface area contributed by atoms with Crippen LogP contribution in [0, 0.1) is 6.92 Å². The van der Waals surface area contributed by atoms with E-state index in [9.17, 15) is 4.79 Å². The number of amides is 1. The Labute approximate surface area is 115 Å². The first-order valence-corrected chi connectivity index (χ1v) is 6.69. The zero-order valence-corrected chi connectivity index (χ0v) is 11.8. The van der Waals surface area contributed by atoms with Gasteiger partial charge in [0.25, 0.3) is 5.91 Å². The number of aryl methyl sites for hydroxylation is 1. The van der Waals surface area contributed by atoms with Crippen molar-refractivity contribution in [3.05, 3.63) is 33.8 Å². The molecule has 0 spiro atoms. The molecular weight excluding hydrogens is 298 g/mol. The van der Waals surface area contributed by atoms with Gasteiger partial charge < -0.3 is 14.7 Å². The molecule has 1 unspecified atom stereocenters. The normalized spacial score (nSPS) is 19.9. The highest BCUT2D eigenvalue weighted by Gasteiger charge is 2.24. The Morgan fingerprint density at radius 2 is 2.39 bits per heavy atom. The van der Waals surface area contributed by atoms with Crippen LogP contribution >= 0.6 is 15.9 Å². The predicted molar refractivity (Wildman–Crippen MR) is 71.6 cm³/mol. The average Bonchev–Trinajstić information content (AvgIpc) is 2.41. The van der Waals surface area contributed by atoms with Gasteiger partial charge in [-0.1, -0.05) is 15.9 Å². The molecule has 0 aromatic heterocycles. The van der Waals surface area contributed by atoms with E-state index in [4.69, 9.17) is 9.84 Å². The third kappa shape index (κ3) is 2.91. The van der Waals surface area contributed by atoms with Gasteiger partial charge in [-0.15, -0.1) is 0 Å². The summed E-state index contributed by atoms with van der Waals surface area (Å²) >= 11 is 3.42. The first-order valence-electron chi connectivity index (χ1n) is 5.89. The number of carbonyl (C=O) groups excluding carboxylic acids is 1. The van der Waals surface area contributed by atoms with E-state index in [-0.39, 0.29) is 18.6 Å². The quantitative estimate of drug-likeness (QED) is 0.902. The molecule has 1 heterocycles. The van der Waals surface area contributed by atoms with Gasteiger partial charge in [-0.2, -0.15) is 0 Å². The van der Waals surface area contributed by atoms with E-state index in [2.05, 4.69) is 15.9 Å². The topological polar surface area (TPSA) is 49.8 Å². The lowest BCUT2D eigenvalue weighted by molar-refractivity contribution is -0.0447. The van der Waals surface area contributed by atoms with Crippen molar-refractivity contribution in [2.75, 3.05) is 26.3 Å². The van der Waals surface area contributed by atoms with E-state index in [0.717, 1.165) is 10.0 Å². The Balaban J connectivity index is 2.12. The van der Waals surface area contributed by atoms with Crippen molar-refractivity contribution in [3.63, 3.8) is 0 Å². The summed E-state index contributed by atoms with van der Waals surface area (Å²) < 4.78 is 6.33. The molecule has 1 fully saturated rings. The minimum atomic E-state index is -0.265. The minimum absolute atomic E-state index is 0.00708. The van der Waals surface area contributed by atoms with Crippen LogP contribution in [0.25, 0.3) is 0 Å². The zero-order chi connectivity index (χ0) is 13.1. The second-order valence-electron chi connectivity index (χ2n) is 4.39. The number of rotatable bonds is 2. The van der Waals surface area contributed by atoms with E-state index < -0.39 is 0 Å². The van der Waals surface area contributed by atoms with Crippen molar-refractivity contribution < 1.29 is 14.6 Å². The highest BCUT2D eigenvalue weighted by molar-refractivity contribution is 9.10. The van der Waals surface area contributed by atoms with Gasteiger partial charge in [0.2, 0.25) is 0 Å². The number of hydrogen-bond donors (Lipinski definition) is 1. The van der Waals surface area contributed by atoms with Crippen LogP contribution in [0.1, 0.15) is 15.9 Å². The standard InChI is InChI=1S/C13H16BrNO3/c1-9-6-10(2-3-12(9)14)13(17)15-4-5-18-11(7-15)8-16/h2-3,6,11,16H,4-5,7-8H2,1H3. The van der Waals surface area contributed by atoms with Gasteiger partial charge in [0.15, 0.2) is 0 Å². The van der Waals surface area contributed by atoms with Crippen molar-refractivity contribution in [2.24, 2.45) is 0 Å². The van der Waals surface area contributed by atoms with Crippen molar-refractivity contribution in [3.8, 4) is 0 Å². The zero-order valence-electron chi connectivity index (χ0n) is 10.2. The Kier molecular flexibility index (Phi) is 4.37. The largest absolute Gasteiger partial charge is 0.394 e. The number of halogens is 1. The Morgan fingerprint density at radius 3 is 3.06 bits per heavy atom. The molecule has 0 radical (unpaired) electrons. The SMILES string of the molecule is Cc1cc(C(=O)N2CCOC(CO)C2)ccc1Br. The Hall–Kier alpha value is -0.910. The van der Waals surface area contributed by atoms with Crippen LogP contribution < -0.4 is 0 Å². The molecule has 0 bridgehead atoms. The van der Waals surface area contributed by atoms with Gasteiger partial charge in [-0.25, -0.2) is 0 Å². The van der Waals surface area contributed by atoms with Gasteiger partial charge in [0.1, 0.15) is 0 Å². The number of morpholine rings is 1. The second-order valence-corrected chi connectivity index (χ2v) is 5.24. The van der Waals surface area contributed by atoms with Crippen molar-refractivity contribution >= 4 is 21.8 Å². The van der Waals surface area contributed by atoms with Crippen molar-refractivity contribution in [1.29, 1.82) is 0 Å². The molecule has 98 valence electrons. The van der Waals surface area contributed by atoms with E-state index >= 15 is 0 Å². The molecule has 0 saturated carbocycles. The van der Waals surface area contributed by atoms with Gasteiger partial charge in [-0.3, -0.25) is 4.79 Å². The van der Waals surface area contributed by atoms with E-state index in [1.165, 1.54) is 0 Å². The fourth-order valence-electron chi connectivity index (χ4n) is 1.97. The fourth-order valence-corrected chi connectivity index (χ4v) is 2.22. The number of carbonyl (C=O) groups is 1. The van der Waals surface area contributed by atoms with Crippen LogP contribution in [0.3, 0.4) is 0 Å². The third-order valence-corrected chi connectivity index (χ3v) is 3.92. The predicted octanol–water partition coefficient (Wildman–Crippen LogP) is 1.59. The first kappa shape index (κ1) is 13.5. The lowest BCUT2D eigenvalue weighted by Crippen LogP contribution is -2.46. The molecule has 1 aliphatic rings. The number of hydrogen-bond acceptors (Lipinski definition) is 3. The van der Waals surface area contributed by atoms with Gasteiger partial charge >= 0.3 is 0 Å². The lowest BCUT2D eigenvalue weighted by atomic mass is 10.1. The molecule has 18 heavy (non-hydrogen) atoms. The highest BCUT2D eigenvalue weighted by Crippen LogP contribution is 2.19. The van der Waals surface area contributed by atoms with Crippen LogP contribution in [0.2, 0.25) is 0 Å². The van der Waals surface area contributed by atoms with E-state index in [1.807, 2.05) is 25.1 Å². The van der Waals surface area contributed by atoms with E-state index in [0.29, 0.717) is 25.3 Å². The monoisotopic (exact) mass is 313 g/mol. The van der Waals surface area contributed by atoms with E-state index in [1.54, 1.807) is 4.90 Å². The third-order valence-electron chi connectivity index (χ3n) is 3.03. The molecule has 1 aromatic rings. The maximum Gasteiger partial charge on any atom is 0.254 e. The smallest absolute Gasteiger partial charge is 0.254 e. The summed E-state index contributed by atoms with van der Waals surface area (Å²) in [4.78, 5) is 14.0. The highest BCUT2D eigenvalue weighted by atomic mass is 79.9. The molecule has 0 aliphatic carbocycles. The van der Waals surface area contributed by atoms with Crippen LogP contribution in [0.4, 0.5) is 0 Å².